The lowest BCUT2D eigenvalue weighted by atomic mass is 9.86. The highest BCUT2D eigenvalue weighted by atomic mass is 16.5. The Morgan fingerprint density at radius 1 is 1.03 bits per heavy atom. The van der Waals surface area contributed by atoms with Gasteiger partial charge in [0.2, 0.25) is 0 Å². The van der Waals surface area contributed by atoms with Gasteiger partial charge in [-0.05, 0) is 46.9 Å². The summed E-state index contributed by atoms with van der Waals surface area (Å²) >= 11 is 0. The summed E-state index contributed by atoms with van der Waals surface area (Å²) in [4.78, 5) is 17.3. The van der Waals surface area contributed by atoms with Crippen LogP contribution in [0.4, 0.5) is 5.69 Å². The van der Waals surface area contributed by atoms with Crippen LogP contribution < -0.4 is 4.90 Å². The van der Waals surface area contributed by atoms with E-state index in [2.05, 4.69) is 62.1 Å². The molecule has 4 heteroatoms. The van der Waals surface area contributed by atoms with Gasteiger partial charge < -0.3 is 14.5 Å². The second kappa shape index (κ2) is 8.73. The van der Waals surface area contributed by atoms with Gasteiger partial charge in [-0.1, -0.05) is 45.0 Å². The number of rotatable bonds is 6. The van der Waals surface area contributed by atoms with Crippen LogP contribution in [-0.2, 0) is 16.7 Å². The fourth-order valence-electron chi connectivity index (χ4n) is 3.43. The molecule has 0 saturated carbocycles. The smallest absolute Gasteiger partial charge is 0.254 e. The van der Waals surface area contributed by atoms with Crippen molar-refractivity contribution in [3.8, 4) is 0 Å². The third-order valence-corrected chi connectivity index (χ3v) is 5.30. The molecule has 0 aliphatic carbocycles. The van der Waals surface area contributed by atoms with Crippen molar-refractivity contribution in [1.29, 1.82) is 0 Å². The highest BCUT2D eigenvalue weighted by molar-refractivity contribution is 5.94. The quantitative estimate of drug-likeness (QED) is 0.694. The summed E-state index contributed by atoms with van der Waals surface area (Å²) in [6, 6.07) is 16.4. The molecule has 3 rings (SSSR count). The molecule has 0 aromatic heterocycles. The standard InChI is InChI=1S/C25H32N2O2/c1-25(2,3)21-12-10-20(11-13-21)24(28)27(18-23-7-6-16-29-23)17-19-8-14-22(15-9-19)26(4)5/h6,8-16,23H,7,17-18H2,1-5H3. The molecular formula is C25H32N2O2. The van der Waals surface area contributed by atoms with Crippen molar-refractivity contribution in [1.82, 2.24) is 4.90 Å². The molecule has 1 atom stereocenters. The van der Waals surface area contributed by atoms with Gasteiger partial charge in [0.25, 0.3) is 5.91 Å². The molecule has 0 radical (unpaired) electrons. The topological polar surface area (TPSA) is 32.8 Å². The van der Waals surface area contributed by atoms with Gasteiger partial charge in [-0.15, -0.1) is 0 Å². The molecule has 1 aliphatic rings. The van der Waals surface area contributed by atoms with Gasteiger partial charge in [0.15, 0.2) is 0 Å². The van der Waals surface area contributed by atoms with Gasteiger partial charge in [0.1, 0.15) is 6.10 Å². The summed E-state index contributed by atoms with van der Waals surface area (Å²) in [7, 11) is 4.05. The van der Waals surface area contributed by atoms with Crippen LogP contribution in [0.5, 0.6) is 0 Å². The maximum Gasteiger partial charge on any atom is 0.254 e. The molecule has 1 unspecified atom stereocenters. The van der Waals surface area contributed by atoms with Crippen molar-refractivity contribution in [3.63, 3.8) is 0 Å². The lowest BCUT2D eigenvalue weighted by molar-refractivity contribution is 0.0610. The minimum atomic E-state index is 0.0221. The van der Waals surface area contributed by atoms with Crippen LogP contribution in [0, 0.1) is 0 Å². The van der Waals surface area contributed by atoms with Crippen LogP contribution in [0.1, 0.15) is 48.7 Å². The summed E-state index contributed by atoms with van der Waals surface area (Å²) in [5.41, 5.74) is 4.27. The average Bonchev–Trinajstić information content (AvgIpc) is 3.20. The van der Waals surface area contributed by atoms with Crippen LogP contribution in [0.2, 0.25) is 0 Å². The number of carbonyl (C=O) groups excluding carboxylic acids is 1. The monoisotopic (exact) mass is 392 g/mol. The molecule has 1 aliphatic heterocycles. The van der Waals surface area contributed by atoms with Crippen molar-refractivity contribution in [3.05, 3.63) is 77.6 Å². The van der Waals surface area contributed by atoms with E-state index in [1.807, 2.05) is 37.2 Å². The molecule has 2 aromatic rings. The zero-order valence-electron chi connectivity index (χ0n) is 18.2. The van der Waals surface area contributed by atoms with E-state index in [1.54, 1.807) is 6.26 Å². The SMILES string of the molecule is CN(C)c1ccc(CN(CC2CC=CO2)C(=O)c2ccc(C(C)(C)C)cc2)cc1. The molecule has 0 saturated heterocycles. The molecule has 0 spiro atoms. The zero-order chi connectivity index (χ0) is 21.0. The van der Waals surface area contributed by atoms with Crippen LogP contribution in [0.3, 0.4) is 0 Å². The van der Waals surface area contributed by atoms with Gasteiger partial charge in [-0.25, -0.2) is 0 Å². The van der Waals surface area contributed by atoms with E-state index in [1.165, 1.54) is 5.56 Å². The first-order valence-corrected chi connectivity index (χ1v) is 10.2. The summed E-state index contributed by atoms with van der Waals surface area (Å²) in [6.07, 6.45) is 4.61. The largest absolute Gasteiger partial charge is 0.496 e. The third-order valence-electron chi connectivity index (χ3n) is 5.30. The van der Waals surface area contributed by atoms with Crippen molar-refractivity contribution in [2.24, 2.45) is 0 Å². The minimum absolute atomic E-state index is 0.0221. The van der Waals surface area contributed by atoms with Crippen LogP contribution >= 0.6 is 0 Å². The van der Waals surface area contributed by atoms with Gasteiger partial charge in [-0.2, -0.15) is 0 Å². The molecule has 2 aromatic carbocycles. The highest BCUT2D eigenvalue weighted by Gasteiger charge is 2.23. The molecule has 0 fully saturated rings. The van der Waals surface area contributed by atoms with E-state index in [-0.39, 0.29) is 17.4 Å². The van der Waals surface area contributed by atoms with Crippen LogP contribution in [-0.4, -0.2) is 37.6 Å². The van der Waals surface area contributed by atoms with Gasteiger partial charge in [0, 0.05) is 38.3 Å². The normalized spacial score (nSPS) is 15.8. The molecule has 4 nitrogen and oxygen atoms in total. The number of anilines is 1. The van der Waals surface area contributed by atoms with Gasteiger partial charge in [-0.3, -0.25) is 4.79 Å². The number of amides is 1. The Morgan fingerprint density at radius 2 is 1.69 bits per heavy atom. The fraction of sp³-hybridized carbons (Fsp3) is 0.400. The number of benzene rings is 2. The lowest BCUT2D eigenvalue weighted by Gasteiger charge is -2.26. The molecule has 1 heterocycles. The molecule has 29 heavy (non-hydrogen) atoms. The first kappa shape index (κ1) is 21.0. The minimum Gasteiger partial charge on any atom is -0.496 e. The van der Waals surface area contributed by atoms with E-state index in [4.69, 9.17) is 4.74 Å². The van der Waals surface area contributed by atoms with Crippen LogP contribution in [0.15, 0.2) is 60.9 Å². The third kappa shape index (κ3) is 5.41. The van der Waals surface area contributed by atoms with Crippen LogP contribution in [0.25, 0.3) is 0 Å². The van der Waals surface area contributed by atoms with E-state index < -0.39 is 0 Å². The van der Waals surface area contributed by atoms with E-state index in [0.29, 0.717) is 18.7 Å². The summed E-state index contributed by atoms with van der Waals surface area (Å²) in [6.45, 7) is 7.67. The number of carbonyl (C=O) groups is 1. The number of hydrogen-bond acceptors (Lipinski definition) is 3. The molecule has 1 amide bonds. The second-order valence-corrected chi connectivity index (χ2v) is 8.94. The number of nitrogens with zero attached hydrogens (tertiary/aromatic N) is 2. The number of hydrogen-bond donors (Lipinski definition) is 0. The maximum absolute atomic E-state index is 13.3. The molecule has 0 bridgehead atoms. The predicted octanol–water partition coefficient (Wildman–Crippen LogP) is 5.00. The lowest BCUT2D eigenvalue weighted by Crippen LogP contribution is -2.37. The Hall–Kier alpha value is -2.75. The highest BCUT2D eigenvalue weighted by Crippen LogP contribution is 2.23. The molecular weight excluding hydrogens is 360 g/mol. The van der Waals surface area contributed by atoms with E-state index in [0.717, 1.165) is 17.7 Å². The number of ether oxygens (including phenoxy) is 1. The first-order valence-electron chi connectivity index (χ1n) is 10.2. The van der Waals surface area contributed by atoms with E-state index >= 15 is 0 Å². The average molecular weight is 393 g/mol. The van der Waals surface area contributed by atoms with Crippen molar-refractivity contribution in [2.75, 3.05) is 25.5 Å². The Labute approximate surface area is 174 Å². The fourth-order valence-corrected chi connectivity index (χ4v) is 3.43. The van der Waals surface area contributed by atoms with Gasteiger partial charge in [0.05, 0.1) is 12.8 Å². The van der Waals surface area contributed by atoms with Crippen molar-refractivity contribution < 1.29 is 9.53 Å². The van der Waals surface area contributed by atoms with Crippen molar-refractivity contribution >= 4 is 11.6 Å². The zero-order valence-corrected chi connectivity index (χ0v) is 18.2. The van der Waals surface area contributed by atoms with E-state index in [9.17, 15) is 4.79 Å². The van der Waals surface area contributed by atoms with Gasteiger partial charge >= 0.3 is 0 Å². The predicted molar refractivity (Wildman–Crippen MR) is 119 cm³/mol. The van der Waals surface area contributed by atoms with Crippen molar-refractivity contribution in [2.45, 2.75) is 45.3 Å². The maximum atomic E-state index is 13.3. The molecule has 154 valence electrons. The Balaban J connectivity index is 1.79. The summed E-state index contributed by atoms with van der Waals surface area (Å²) in [5, 5.41) is 0. The molecule has 0 N–H and O–H groups in total. The summed E-state index contributed by atoms with van der Waals surface area (Å²) < 4.78 is 5.64. The Kier molecular flexibility index (Phi) is 6.31. The first-order chi connectivity index (χ1) is 13.7. The summed E-state index contributed by atoms with van der Waals surface area (Å²) in [5.74, 6) is 0.0395. The second-order valence-electron chi connectivity index (χ2n) is 8.94. The Morgan fingerprint density at radius 3 is 2.21 bits per heavy atom. The Bertz CT molecular complexity index is 838.